The first-order valence-corrected chi connectivity index (χ1v) is 6.20. The molecule has 1 unspecified atom stereocenters. The molecule has 2 aromatic rings. The van der Waals surface area contributed by atoms with Gasteiger partial charge < -0.3 is 5.32 Å². The number of nitrogens with one attached hydrogen (secondary N) is 1. The minimum absolute atomic E-state index is 0.0859. The largest absolute Gasteiger partial charge is 0.345 e. The third kappa shape index (κ3) is 3.19. The first-order chi connectivity index (χ1) is 9.08. The maximum Gasteiger partial charge on any atom is 0.254 e. The van der Waals surface area contributed by atoms with Crippen LogP contribution in [0.3, 0.4) is 0 Å². The molecule has 19 heavy (non-hydrogen) atoms. The van der Waals surface area contributed by atoms with E-state index in [1.807, 2.05) is 44.2 Å². The first kappa shape index (κ1) is 13.3. The minimum atomic E-state index is -0.497. The zero-order chi connectivity index (χ0) is 13.8. The molecule has 0 bridgehead atoms. The second-order valence-corrected chi connectivity index (χ2v) is 4.59. The molecule has 0 saturated heterocycles. The summed E-state index contributed by atoms with van der Waals surface area (Å²) < 4.78 is 13.6. The van der Waals surface area contributed by atoms with Crippen LogP contribution in [0.25, 0.3) is 0 Å². The van der Waals surface area contributed by atoms with Crippen LogP contribution >= 0.6 is 0 Å². The van der Waals surface area contributed by atoms with Crippen LogP contribution in [0.2, 0.25) is 0 Å². The van der Waals surface area contributed by atoms with Gasteiger partial charge in [0, 0.05) is 0 Å². The molecule has 2 rings (SSSR count). The van der Waals surface area contributed by atoms with E-state index in [1.54, 1.807) is 12.1 Å². The molecule has 98 valence electrons. The molecule has 0 aliphatic rings. The van der Waals surface area contributed by atoms with E-state index < -0.39 is 11.7 Å². The highest BCUT2D eigenvalue weighted by Crippen LogP contribution is 2.14. The number of rotatable bonds is 3. The molecule has 0 aliphatic carbocycles. The predicted molar refractivity (Wildman–Crippen MR) is 73.5 cm³/mol. The van der Waals surface area contributed by atoms with Gasteiger partial charge in [-0.3, -0.25) is 4.79 Å². The van der Waals surface area contributed by atoms with Crippen LogP contribution in [0.5, 0.6) is 0 Å². The van der Waals surface area contributed by atoms with Gasteiger partial charge in [0.2, 0.25) is 0 Å². The van der Waals surface area contributed by atoms with E-state index in [1.165, 1.54) is 6.07 Å². The standard InChI is InChI=1S/C16H16FNO/c1-11-8-9-15(17)14(10-11)16(19)18-12(2)13-6-4-3-5-7-13/h3-10,12H,1-2H3,(H,18,19). The zero-order valence-electron chi connectivity index (χ0n) is 11.0. The van der Waals surface area contributed by atoms with Crippen molar-refractivity contribution in [3.63, 3.8) is 0 Å². The van der Waals surface area contributed by atoms with Gasteiger partial charge in [0.15, 0.2) is 0 Å². The smallest absolute Gasteiger partial charge is 0.254 e. The van der Waals surface area contributed by atoms with E-state index in [0.29, 0.717) is 0 Å². The van der Waals surface area contributed by atoms with E-state index in [9.17, 15) is 9.18 Å². The van der Waals surface area contributed by atoms with E-state index in [4.69, 9.17) is 0 Å². The van der Waals surface area contributed by atoms with Crippen molar-refractivity contribution >= 4 is 5.91 Å². The first-order valence-electron chi connectivity index (χ1n) is 6.20. The monoisotopic (exact) mass is 257 g/mol. The van der Waals surface area contributed by atoms with E-state index in [-0.39, 0.29) is 11.6 Å². The maximum atomic E-state index is 13.6. The van der Waals surface area contributed by atoms with Gasteiger partial charge in [-0.2, -0.15) is 0 Å². The van der Waals surface area contributed by atoms with Crippen molar-refractivity contribution in [1.82, 2.24) is 5.32 Å². The van der Waals surface area contributed by atoms with Crippen LogP contribution in [0.1, 0.15) is 34.5 Å². The highest BCUT2D eigenvalue weighted by Gasteiger charge is 2.14. The van der Waals surface area contributed by atoms with Crippen molar-refractivity contribution in [2.24, 2.45) is 0 Å². The lowest BCUT2D eigenvalue weighted by Crippen LogP contribution is -2.27. The fourth-order valence-corrected chi connectivity index (χ4v) is 1.91. The molecular weight excluding hydrogens is 241 g/mol. The van der Waals surface area contributed by atoms with Crippen molar-refractivity contribution < 1.29 is 9.18 Å². The molecule has 0 aliphatic heterocycles. The Labute approximate surface area is 112 Å². The summed E-state index contributed by atoms with van der Waals surface area (Å²) in [6, 6.07) is 13.9. The van der Waals surface area contributed by atoms with Gasteiger partial charge in [0.1, 0.15) is 5.82 Å². The molecule has 2 nitrogen and oxygen atoms in total. The second kappa shape index (κ2) is 5.65. The lowest BCUT2D eigenvalue weighted by molar-refractivity contribution is 0.0935. The number of carbonyl (C=O) groups is 1. The van der Waals surface area contributed by atoms with Crippen LogP contribution < -0.4 is 5.32 Å². The maximum absolute atomic E-state index is 13.6. The Morgan fingerprint density at radius 1 is 1.16 bits per heavy atom. The van der Waals surface area contributed by atoms with Gasteiger partial charge in [-0.25, -0.2) is 4.39 Å². The summed E-state index contributed by atoms with van der Waals surface area (Å²) in [5.41, 5.74) is 1.94. The molecule has 1 amide bonds. The molecule has 1 N–H and O–H groups in total. The van der Waals surface area contributed by atoms with Crippen LogP contribution in [0.15, 0.2) is 48.5 Å². The fraction of sp³-hybridized carbons (Fsp3) is 0.188. The number of aryl methyl sites for hydroxylation is 1. The topological polar surface area (TPSA) is 29.1 Å². The lowest BCUT2D eigenvalue weighted by Gasteiger charge is -2.14. The SMILES string of the molecule is Cc1ccc(F)c(C(=O)NC(C)c2ccccc2)c1. The normalized spacial score (nSPS) is 11.9. The van der Waals surface area contributed by atoms with Crippen LogP contribution in [0.4, 0.5) is 4.39 Å². The molecule has 0 fully saturated rings. The fourth-order valence-electron chi connectivity index (χ4n) is 1.91. The molecule has 1 atom stereocenters. The van der Waals surface area contributed by atoms with Crippen molar-refractivity contribution in [1.29, 1.82) is 0 Å². The molecule has 0 saturated carbocycles. The van der Waals surface area contributed by atoms with Gasteiger partial charge in [-0.15, -0.1) is 0 Å². The van der Waals surface area contributed by atoms with Gasteiger partial charge >= 0.3 is 0 Å². The number of carbonyl (C=O) groups excluding carboxylic acids is 1. The highest BCUT2D eigenvalue weighted by molar-refractivity contribution is 5.94. The Balaban J connectivity index is 2.15. The second-order valence-electron chi connectivity index (χ2n) is 4.59. The van der Waals surface area contributed by atoms with Crippen molar-refractivity contribution in [3.8, 4) is 0 Å². The number of hydrogen-bond acceptors (Lipinski definition) is 1. The summed E-state index contributed by atoms with van der Waals surface area (Å²) in [5.74, 6) is -0.888. The van der Waals surface area contributed by atoms with Crippen LogP contribution in [-0.2, 0) is 0 Å². The Morgan fingerprint density at radius 3 is 2.53 bits per heavy atom. The Hall–Kier alpha value is -2.16. The number of hydrogen-bond donors (Lipinski definition) is 1. The molecule has 0 spiro atoms. The average Bonchev–Trinajstić information content (AvgIpc) is 2.42. The van der Waals surface area contributed by atoms with Crippen molar-refractivity contribution in [2.75, 3.05) is 0 Å². The van der Waals surface area contributed by atoms with Crippen molar-refractivity contribution in [3.05, 3.63) is 71.0 Å². The quantitative estimate of drug-likeness (QED) is 0.893. The summed E-state index contributed by atoms with van der Waals surface area (Å²) in [6.07, 6.45) is 0. The number of amides is 1. The summed E-state index contributed by atoms with van der Waals surface area (Å²) in [6.45, 7) is 3.71. The average molecular weight is 257 g/mol. The van der Waals surface area contributed by atoms with Gasteiger partial charge in [-0.05, 0) is 31.5 Å². The summed E-state index contributed by atoms with van der Waals surface area (Å²) in [4.78, 5) is 12.1. The Morgan fingerprint density at radius 2 is 1.84 bits per heavy atom. The van der Waals surface area contributed by atoms with E-state index in [2.05, 4.69) is 5.32 Å². The molecule has 2 aromatic carbocycles. The molecule has 0 aromatic heterocycles. The predicted octanol–water partition coefficient (Wildman–Crippen LogP) is 3.63. The summed E-state index contributed by atoms with van der Waals surface area (Å²) >= 11 is 0. The number of halogens is 1. The van der Waals surface area contributed by atoms with E-state index in [0.717, 1.165) is 11.1 Å². The van der Waals surface area contributed by atoms with Gasteiger partial charge in [0.25, 0.3) is 5.91 Å². The molecule has 0 heterocycles. The van der Waals surface area contributed by atoms with E-state index >= 15 is 0 Å². The summed E-state index contributed by atoms with van der Waals surface area (Å²) in [7, 11) is 0. The van der Waals surface area contributed by atoms with Gasteiger partial charge in [-0.1, -0.05) is 42.0 Å². The Bertz CT molecular complexity index is 581. The van der Waals surface area contributed by atoms with Gasteiger partial charge in [0.05, 0.1) is 11.6 Å². The molecular formula is C16H16FNO. The summed E-state index contributed by atoms with van der Waals surface area (Å²) in [5, 5.41) is 2.80. The molecule has 0 radical (unpaired) electrons. The number of benzene rings is 2. The Kier molecular flexibility index (Phi) is 3.95. The third-order valence-corrected chi connectivity index (χ3v) is 3.01. The highest BCUT2D eigenvalue weighted by atomic mass is 19.1. The van der Waals surface area contributed by atoms with Crippen molar-refractivity contribution in [2.45, 2.75) is 19.9 Å². The minimum Gasteiger partial charge on any atom is -0.345 e. The van der Waals surface area contributed by atoms with Crippen LogP contribution in [0, 0.1) is 12.7 Å². The zero-order valence-corrected chi connectivity index (χ0v) is 11.0. The third-order valence-electron chi connectivity index (χ3n) is 3.01. The van der Waals surface area contributed by atoms with Crippen LogP contribution in [-0.4, -0.2) is 5.91 Å². The lowest BCUT2D eigenvalue weighted by atomic mass is 10.1. The molecule has 3 heteroatoms.